The Labute approximate surface area is 86.3 Å². The van der Waals surface area contributed by atoms with Crippen LogP contribution in [0.5, 0.6) is 0 Å². The van der Waals surface area contributed by atoms with Gasteiger partial charge < -0.3 is 5.73 Å². The Kier molecular flexibility index (Phi) is 3.19. The van der Waals surface area contributed by atoms with Crippen LogP contribution in [0.25, 0.3) is 0 Å². The molecular weight excluding hydrogens is 170 g/mol. The summed E-state index contributed by atoms with van der Waals surface area (Å²) >= 11 is 0. The molecule has 0 unspecified atom stereocenters. The highest BCUT2D eigenvalue weighted by molar-refractivity contribution is 5.56. The maximum Gasteiger partial charge on any atom is 0.0359 e. The molecule has 1 heteroatoms. The fourth-order valence-corrected chi connectivity index (χ4v) is 1.56. The van der Waals surface area contributed by atoms with Gasteiger partial charge in [0, 0.05) is 11.3 Å². The first-order valence-electron chi connectivity index (χ1n) is 4.90. The molecule has 0 amide bonds. The lowest BCUT2D eigenvalue weighted by Crippen LogP contribution is -2.01. The first-order chi connectivity index (χ1) is 6.54. The second-order valence-electron chi connectivity index (χ2n) is 4.11. The Morgan fingerprint density at radius 3 is 2.57 bits per heavy atom. The van der Waals surface area contributed by atoms with Crippen molar-refractivity contribution in [2.75, 3.05) is 5.73 Å². The van der Waals surface area contributed by atoms with Crippen molar-refractivity contribution in [2.24, 2.45) is 5.92 Å². The van der Waals surface area contributed by atoms with Crippen molar-refractivity contribution in [1.82, 2.24) is 0 Å². The maximum absolute atomic E-state index is 5.92. The molecule has 0 fully saturated rings. The second-order valence-corrected chi connectivity index (χ2v) is 4.11. The highest BCUT2D eigenvalue weighted by atomic mass is 14.6. The molecule has 0 spiro atoms. The van der Waals surface area contributed by atoms with Gasteiger partial charge in [-0.05, 0) is 36.5 Å². The third-order valence-corrected chi connectivity index (χ3v) is 2.27. The zero-order valence-electron chi connectivity index (χ0n) is 9.09. The van der Waals surface area contributed by atoms with E-state index in [0.29, 0.717) is 5.92 Å². The summed E-state index contributed by atoms with van der Waals surface area (Å²) in [6, 6.07) is 4.00. The van der Waals surface area contributed by atoms with Crippen LogP contribution in [0.3, 0.4) is 0 Å². The van der Waals surface area contributed by atoms with Gasteiger partial charge in [-0.3, -0.25) is 0 Å². The second kappa shape index (κ2) is 4.19. The van der Waals surface area contributed by atoms with Gasteiger partial charge in [0.25, 0.3) is 0 Å². The van der Waals surface area contributed by atoms with Crippen molar-refractivity contribution < 1.29 is 0 Å². The Morgan fingerprint density at radius 2 is 2.07 bits per heavy atom. The fourth-order valence-electron chi connectivity index (χ4n) is 1.56. The number of hydrogen-bond acceptors (Lipinski definition) is 1. The lowest BCUT2D eigenvalue weighted by Gasteiger charge is -2.10. The third-order valence-electron chi connectivity index (χ3n) is 2.27. The van der Waals surface area contributed by atoms with Gasteiger partial charge in [-0.2, -0.15) is 0 Å². The minimum Gasteiger partial charge on any atom is -0.398 e. The Bertz CT molecular complexity index is 370. The molecule has 0 aliphatic heterocycles. The van der Waals surface area contributed by atoms with Crippen molar-refractivity contribution in [3.63, 3.8) is 0 Å². The van der Waals surface area contributed by atoms with Crippen molar-refractivity contribution in [2.45, 2.75) is 27.2 Å². The van der Waals surface area contributed by atoms with Gasteiger partial charge in [0.1, 0.15) is 0 Å². The van der Waals surface area contributed by atoms with E-state index in [-0.39, 0.29) is 0 Å². The van der Waals surface area contributed by atoms with Crippen LogP contribution in [0.15, 0.2) is 12.1 Å². The van der Waals surface area contributed by atoms with E-state index in [1.807, 2.05) is 13.0 Å². The van der Waals surface area contributed by atoms with Crippen LogP contribution in [-0.4, -0.2) is 0 Å². The number of aryl methyl sites for hydroxylation is 1. The minimum atomic E-state index is 0.619. The highest BCUT2D eigenvalue weighted by Gasteiger charge is 2.05. The number of terminal acetylenes is 1. The Balaban J connectivity index is 3.10. The molecule has 14 heavy (non-hydrogen) atoms. The van der Waals surface area contributed by atoms with Gasteiger partial charge >= 0.3 is 0 Å². The molecule has 0 aromatic heterocycles. The van der Waals surface area contributed by atoms with E-state index in [4.69, 9.17) is 12.2 Å². The summed E-state index contributed by atoms with van der Waals surface area (Å²) in [5.41, 5.74) is 9.98. The lowest BCUT2D eigenvalue weighted by atomic mass is 9.97. The van der Waals surface area contributed by atoms with E-state index in [1.165, 1.54) is 5.56 Å². The monoisotopic (exact) mass is 187 g/mol. The Morgan fingerprint density at radius 1 is 1.43 bits per heavy atom. The smallest absolute Gasteiger partial charge is 0.0359 e. The van der Waals surface area contributed by atoms with Gasteiger partial charge in [0.2, 0.25) is 0 Å². The fraction of sp³-hybridized carbons (Fsp3) is 0.385. The summed E-state index contributed by atoms with van der Waals surface area (Å²) in [5, 5.41) is 0. The molecule has 1 rings (SSSR count). The molecule has 1 nitrogen and oxygen atoms in total. The Hall–Kier alpha value is -1.42. The normalized spacial score (nSPS) is 10.2. The van der Waals surface area contributed by atoms with Crippen LogP contribution in [0.1, 0.15) is 30.5 Å². The summed E-state index contributed by atoms with van der Waals surface area (Å²) in [7, 11) is 0. The molecule has 1 aromatic carbocycles. The first-order valence-corrected chi connectivity index (χ1v) is 4.90. The van der Waals surface area contributed by atoms with Gasteiger partial charge in [-0.1, -0.05) is 25.8 Å². The minimum absolute atomic E-state index is 0.619. The van der Waals surface area contributed by atoms with E-state index >= 15 is 0 Å². The molecule has 0 aliphatic carbocycles. The molecular formula is C13H17N. The van der Waals surface area contributed by atoms with Crippen LogP contribution in [-0.2, 0) is 6.42 Å². The summed E-state index contributed by atoms with van der Waals surface area (Å²) in [4.78, 5) is 0. The summed E-state index contributed by atoms with van der Waals surface area (Å²) in [5.74, 6) is 3.26. The molecule has 0 atom stereocenters. The third kappa shape index (κ3) is 2.29. The summed E-state index contributed by atoms with van der Waals surface area (Å²) in [6.07, 6.45) is 6.38. The molecule has 0 bridgehead atoms. The van der Waals surface area contributed by atoms with Crippen LogP contribution >= 0.6 is 0 Å². The van der Waals surface area contributed by atoms with Crippen molar-refractivity contribution in [3.05, 3.63) is 28.8 Å². The van der Waals surface area contributed by atoms with E-state index < -0.39 is 0 Å². The van der Waals surface area contributed by atoms with Gasteiger partial charge in [-0.15, -0.1) is 6.42 Å². The average Bonchev–Trinajstić information content (AvgIpc) is 2.10. The molecule has 0 aliphatic rings. The van der Waals surface area contributed by atoms with E-state index in [9.17, 15) is 0 Å². The topological polar surface area (TPSA) is 26.0 Å². The largest absolute Gasteiger partial charge is 0.398 e. The van der Waals surface area contributed by atoms with Crippen LogP contribution < -0.4 is 5.73 Å². The molecule has 2 N–H and O–H groups in total. The molecule has 0 saturated heterocycles. The summed E-state index contributed by atoms with van der Waals surface area (Å²) < 4.78 is 0. The number of rotatable bonds is 2. The van der Waals surface area contributed by atoms with Crippen LogP contribution in [0.2, 0.25) is 0 Å². The van der Waals surface area contributed by atoms with Crippen molar-refractivity contribution in [1.29, 1.82) is 0 Å². The average molecular weight is 187 g/mol. The molecule has 0 radical (unpaired) electrons. The van der Waals surface area contributed by atoms with E-state index in [2.05, 4.69) is 25.8 Å². The van der Waals surface area contributed by atoms with Gasteiger partial charge in [0.05, 0.1) is 0 Å². The van der Waals surface area contributed by atoms with Gasteiger partial charge in [0.15, 0.2) is 0 Å². The van der Waals surface area contributed by atoms with E-state index in [0.717, 1.165) is 23.2 Å². The van der Waals surface area contributed by atoms with Crippen molar-refractivity contribution in [3.8, 4) is 12.3 Å². The SMILES string of the molecule is C#Cc1cc(N)c(CC(C)C)cc1C. The number of benzene rings is 1. The number of nitrogens with two attached hydrogens (primary N) is 1. The number of nitrogen functional groups attached to an aromatic ring is 1. The first kappa shape index (κ1) is 10.7. The lowest BCUT2D eigenvalue weighted by molar-refractivity contribution is 0.648. The predicted molar refractivity (Wildman–Crippen MR) is 62.1 cm³/mol. The molecule has 0 heterocycles. The molecule has 0 saturated carbocycles. The van der Waals surface area contributed by atoms with Crippen LogP contribution in [0, 0.1) is 25.2 Å². The summed E-state index contributed by atoms with van der Waals surface area (Å²) in [6.45, 7) is 6.40. The van der Waals surface area contributed by atoms with Crippen molar-refractivity contribution >= 4 is 5.69 Å². The van der Waals surface area contributed by atoms with Crippen LogP contribution in [0.4, 0.5) is 5.69 Å². The number of hydrogen-bond donors (Lipinski definition) is 1. The molecule has 1 aromatic rings. The number of anilines is 1. The highest BCUT2D eigenvalue weighted by Crippen LogP contribution is 2.20. The predicted octanol–water partition coefficient (Wildman–Crippen LogP) is 2.76. The quantitative estimate of drug-likeness (QED) is 0.559. The zero-order valence-corrected chi connectivity index (χ0v) is 9.09. The van der Waals surface area contributed by atoms with Gasteiger partial charge in [-0.25, -0.2) is 0 Å². The molecule has 74 valence electrons. The van der Waals surface area contributed by atoms with E-state index in [1.54, 1.807) is 0 Å². The maximum atomic E-state index is 5.92. The zero-order chi connectivity index (χ0) is 10.7. The standard InChI is InChI=1S/C13H17N/c1-5-11-8-13(14)12(6-9(2)3)7-10(11)4/h1,7-9H,6,14H2,2-4H3.